The fourth-order valence-electron chi connectivity index (χ4n) is 2.50. The van der Waals surface area contributed by atoms with Crippen LogP contribution in [0.1, 0.15) is 10.5 Å². The Hall–Kier alpha value is -2.16. The molecular weight excluding hydrogens is 480 g/mol. The van der Waals surface area contributed by atoms with Crippen LogP contribution in [0.4, 0.5) is 5.82 Å². The van der Waals surface area contributed by atoms with Crippen molar-refractivity contribution in [2.24, 2.45) is 0 Å². The fourth-order valence-corrected chi connectivity index (χ4v) is 3.89. The lowest BCUT2D eigenvalue weighted by Crippen LogP contribution is -2.14. The average Bonchev–Trinajstić information content (AvgIpc) is 3.08. The molecule has 0 fully saturated rings. The number of rotatable bonds is 3. The number of thiazole rings is 1. The highest BCUT2D eigenvalue weighted by molar-refractivity contribution is 9.11. The van der Waals surface area contributed by atoms with E-state index in [1.165, 1.54) is 11.3 Å². The summed E-state index contributed by atoms with van der Waals surface area (Å²) < 4.78 is 1.60. The van der Waals surface area contributed by atoms with E-state index in [1.54, 1.807) is 11.6 Å². The van der Waals surface area contributed by atoms with Gasteiger partial charge in [-0.2, -0.15) is 0 Å². The van der Waals surface area contributed by atoms with Crippen molar-refractivity contribution in [3.63, 3.8) is 0 Å². The van der Waals surface area contributed by atoms with Gasteiger partial charge in [-0.3, -0.25) is 4.79 Å². The van der Waals surface area contributed by atoms with Crippen LogP contribution in [0.15, 0.2) is 62.4 Å². The molecule has 0 aliphatic heterocycles. The summed E-state index contributed by atoms with van der Waals surface area (Å²) >= 11 is 8.12. The lowest BCUT2D eigenvalue weighted by Gasteiger charge is -2.11. The molecule has 8 heteroatoms. The minimum Gasteiger partial charge on any atom is -0.305 e. The summed E-state index contributed by atoms with van der Waals surface area (Å²) in [4.78, 5) is 25.6. The highest BCUT2D eigenvalue weighted by Crippen LogP contribution is 2.31. The number of anilines is 1. The van der Waals surface area contributed by atoms with Crippen molar-refractivity contribution in [1.82, 2.24) is 15.0 Å². The number of pyridine rings is 2. The van der Waals surface area contributed by atoms with E-state index in [9.17, 15) is 4.79 Å². The predicted octanol–water partition coefficient (Wildman–Crippen LogP) is 5.53. The molecular formula is C18H10Br2N4OS. The van der Waals surface area contributed by atoms with Gasteiger partial charge >= 0.3 is 0 Å². The van der Waals surface area contributed by atoms with Gasteiger partial charge < -0.3 is 5.32 Å². The first-order valence-corrected chi connectivity index (χ1v) is 10.0. The van der Waals surface area contributed by atoms with Gasteiger partial charge in [-0.15, -0.1) is 11.3 Å². The number of halogens is 2. The molecule has 0 bridgehead atoms. The second-order valence-electron chi connectivity index (χ2n) is 5.38. The van der Waals surface area contributed by atoms with Gasteiger partial charge in [-0.25, -0.2) is 15.0 Å². The predicted molar refractivity (Wildman–Crippen MR) is 110 cm³/mol. The molecule has 5 nitrogen and oxygen atoms in total. The van der Waals surface area contributed by atoms with Crippen molar-refractivity contribution >= 4 is 66.0 Å². The fraction of sp³-hybridized carbons (Fsp3) is 0. The molecule has 26 heavy (non-hydrogen) atoms. The van der Waals surface area contributed by atoms with Crippen molar-refractivity contribution < 1.29 is 4.79 Å². The summed E-state index contributed by atoms with van der Waals surface area (Å²) in [5, 5.41) is 5.46. The molecule has 0 aliphatic carbocycles. The monoisotopic (exact) mass is 488 g/mol. The van der Waals surface area contributed by atoms with Crippen LogP contribution in [-0.2, 0) is 0 Å². The number of aromatic nitrogens is 3. The number of carbonyl (C=O) groups excluding carboxylic acids is 1. The van der Waals surface area contributed by atoms with Crippen LogP contribution in [0.5, 0.6) is 0 Å². The van der Waals surface area contributed by atoms with Crippen LogP contribution in [0.25, 0.3) is 22.2 Å². The van der Waals surface area contributed by atoms with Gasteiger partial charge in [0, 0.05) is 27.0 Å². The lowest BCUT2D eigenvalue weighted by molar-refractivity contribution is 0.102. The van der Waals surface area contributed by atoms with E-state index >= 15 is 0 Å². The molecule has 0 spiro atoms. The van der Waals surface area contributed by atoms with E-state index < -0.39 is 0 Å². The number of hydrogen-bond donors (Lipinski definition) is 1. The second-order valence-corrected chi connectivity index (χ2v) is 8.43. The van der Waals surface area contributed by atoms with Gasteiger partial charge in [-0.05, 0) is 51.8 Å². The maximum atomic E-state index is 12.6. The normalized spacial score (nSPS) is 10.8. The molecule has 4 rings (SSSR count). The summed E-state index contributed by atoms with van der Waals surface area (Å²) in [6, 6.07) is 13.6. The number of nitrogens with one attached hydrogen (secondary N) is 1. The van der Waals surface area contributed by atoms with Gasteiger partial charge in [0.05, 0.1) is 0 Å². The standard InChI is InChI=1S/C18H10Br2N4OS/c19-12-5-1-3-10(7-12)13-8-11-4-2-6-21-15(11)23-16(13)24-17(25)14-9-26-18(20)22-14/h1-9H,(H,21,23,24,25). The van der Waals surface area contributed by atoms with Crippen molar-refractivity contribution in [2.45, 2.75) is 0 Å². The Kier molecular flexibility index (Phi) is 4.80. The van der Waals surface area contributed by atoms with E-state index in [0.29, 0.717) is 21.1 Å². The zero-order valence-electron chi connectivity index (χ0n) is 13.1. The van der Waals surface area contributed by atoms with Crippen LogP contribution < -0.4 is 5.32 Å². The Labute approximate surface area is 169 Å². The average molecular weight is 490 g/mol. The lowest BCUT2D eigenvalue weighted by atomic mass is 10.0. The Balaban J connectivity index is 1.83. The molecule has 0 unspecified atom stereocenters. The minimum absolute atomic E-state index is 0.314. The van der Waals surface area contributed by atoms with Crippen LogP contribution >= 0.6 is 43.2 Å². The Morgan fingerprint density at radius 1 is 1.08 bits per heavy atom. The van der Waals surface area contributed by atoms with E-state index in [-0.39, 0.29) is 5.91 Å². The van der Waals surface area contributed by atoms with E-state index in [1.807, 2.05) is 42.5 Å². The molecule has 0 saturated heterocycles. The quantitative estimate of drug-likeness (QED) is 0.410. The molecule has 0 atom stereocenters. The number of benzene rings is 1. The van der Waals surface area contributed by atoms with Crippen LogP contribution in [0.3, 0.4) is 0 Å². The first-order chi connectivity index (χ1) is 12.6. The van der Waals surface area contributed by atoms with Gasteiger partial charge in [-0.1, -0.05) is 28.1 Å². The van der Waals surface area contributed by atoms with Gasteiger partial charge in [0.1, 0.15) is 11.5 Å². The summed E-state index contributed by atoms with van der Waals surface area (Å²) in [5.41, 5.74) is 2.66. The SMILES string of the molecule is O=C(Nc1nc2ncccc2cc1-c1cccc(Br)c1)c1csc(Br)n1. The maximum Gasteiger partial charge on any atom is 0.276 e. The number of carbonyl (C=O) groups is 1. The van der Waals surface area contributed by atoms with Gasteiger partial charge in [0.25, 0.3) is 5.91 Å². The van der Waals surface area contributed by atoms with Crippen molar-refractivity contribution in [2.75, 3.05) is 5.32 Å². The molecule has 1 N–H and O–H groups in total. The largest absolute Gasteiger partial charge is 0.305 e. The molecule has 4 aromatic rings. The minimum atomic E-state index is -0.314. The van der Waals surface area contributed by atoms with Crippen molar-refractivity contribution in [1.29, 1.82) is 0 Å². The molecule has 0 radical (unpaired) electrons. The molecule has 128 valence electrons. The zero-order valence-corrected chi connectivity index (χ0v) is 17.1. The molecule has 1 aromatic carbocycles. The van der Waals surface area contributed by atoms with E-state index in [2.05, 4.69) is 52.1 Å². The summed E-state index contributed by atoms with van der Waals surface area (Å²) in [6.07, 6.45) is 1.68. The molecule has 1 amide bonds. The van der Waals surface area contributed by atoms with Crippen LogP contribution in [-0.4, -0.2) is 20.9 Å². The Bertz CT molecular complexity index is 1130. The van der Waals surface area contributed by atoms with Crippen LogP contribution in [0.2, 0.25) is 0 Å². The van der Waals surface area contributed by atoms with Gasteiger partial charge in [0.15, 0.2) is 9.56 Å². The molecule has 0 saturated carbocycles. The Morgan fingerprint density at radius 2 is 1.96 bits per heavy atom. The van der Waals surface area contributed by atoms with Crippen LogP contribution in [0, 0.1) is 0 Å². The smallest absolute Gasteiger partial charge is 0.276 e. The molecule has 0 aliphatic rings. The van der Waals surface area contributed by atoms with E-state index in [0.717, 1.165) is 21.0 Å². The molecule has 3 aromatic heterocycles. The van der Waals surface area contributed by atoms with Crippen molar-refractivity contribution in [3.05, 3.63) is 68.1 Å². The zero-order chi connectivity index (χ0) is 18.1. The third-order valence-corrected chi connectivity index (χ3v) is 5.52. The summed E-state index contributed by atoms with van der Waals surface area (Å²) in [6.45, 7) is 0. The van der Waals surface area contributed by atoms with Gasteiger partial charge in [0.2, 0.25) is 0 Å². The Morgan fingerprint density at radius 3 is 2.73 bits per heavy atom. The number of nitrogens with zero attached hydrogens (tertiary/aromatic N) is 3. The third-order valence-electron chi connectivity index (χ3n) is 3.67. The maximum absolute atomic E-state index is 12.6. The first kappa shape index (κ1) is 17.3. The summed E-state index contributed by atoms with van der Waals surface area (Å²) in [7, 11) is 0. The van der Waals surface area contributed by atoms with E-state index in [4.69, 9.17) is 0 Å². The highest BCUT2D eigenvalue weighted by Gasteiger charge is 2.16. The number of hydrogen-bond acceptors (Lipinski definition) is 5. The third kappa shape index (κ3) is 3.53. The highest BCUT2D eigenvalue weighted by atomic mass is 79.9. The number of fused-ring (bicyclic) bond motifs is 1. The van der Waals surface area contributed by atoms with Crippen molar-refractivity contribution in [3.8, 4) is 11.1 Å². The second kappa shape index (κ2) is 7.22. The topological polar surface area (TPSA) is 67.8 Å². The first-order valence-electron chi connectivity index (χ1n) is 7.54. The molecule has 3 heterocycles. The summed E-state index contributed by atoms with van der Waals surface area (Å²) in [5.74, 6) is 0.134. The number of amides is 1.